The number of piperidine rings is 1. The van der Waals surface area contributed by atoms with Crippen LogP contribution in [0, 0.1) is 11.3 Å². The molecule has 2 amide bonds. The van der Waals surface area contributed by atoms with Gasteiger partial charge in [-0.25, -0.2) is 0 Å². The molecule has 1 saturated heterocycles. The van der Waals surface area contributed by atoms with Gasteiger partial charge in [0.15, 0.2) is 0 Å². The maximum atomic E-state index is 13.4. The fourth-order valence-electron chi connectivity index (χ4n) is 4.53. The molecule has 0 radical (unpaired) electrons. The number of hydrogen-bond acceptors (Lipinski definition) is 3. The number of rotatable bonds is 6. The van der Waals surface area contributed by atoms with Crippen LogP contribution < -0.4 is 5.32 Å². The molecule has 0 unspecified atom stereocenters. The topological polar surface area (TPSA) is 62.3 Å². The van der Waals surface area contributed by atoms with E-state index in [-0.39, 0.29) is 23.8 Å². The molecule has 5 heteroatoms. The van der Waals surface area contributed by atoms with Gasteiger partial charge in [-0.05, 0) is 74.8 Å². The number of carbonyl (C=O) groups is 2. The standard InChI is InChI=1S/C25H31N3O2/c1-18(2)27-24(30)25(11-4-14-28(17-25)23(29)21-7-8-21)16-19-5-3-6-22(15-19)20-9-12-26-13-10-20/h3,5-6,9-10,12-13,15,18,21H,4,7-8,11,14,16-17H2,1-2H3,(H,27,30)/t25-/m1/s1. The van der Waals surface area contributed by atoms with Crippen LogP contribution in [0.25, 0.3) is 11.1 Å². The highest BCUT2D eigenvalue weighted by Gasteiger charge is 2.45. The summed E-state index contributed by atoms with van der Waals surface area (Å²) in [6.45, 7) is 5.26. The van der Waals surface area contributed by atoms with Crippen LogP contribution >= 0.6 is 0 Å². The van der Waals surface area contributed by atoms with Gasteiger partial charge < -0.3 is 10.2 Å². The molecule has 2 aromatic rings. The van der Waals surface area contributed by atoms with Gasteiger partial charge in [0.05, 0.1) is 5.41 Å². The zero-order chi connectivity index (χ0) is 21.1. The molecule has 1 saturated carbocycles. The highest BCUT2D eigenvalue weighted by Crippen LogP contribution is 2.38. The van der Waals surface area contributed by atoms with Crippen LogP contribution in [-0.4, -0.2) is 40.8 Å². The first-order chi connectivity index (χ1) is 14.5. The van der Waals surface area contributed by atoms with Gasteiger partial charge in [-0.15, -0.1) is 0 Å². The Morgan fingerprint density at radius 3 is 2.63 bits per heavy atom. The number of pyridine rings is 1. The summed E-state index contributed by atoms with van der Waals surface area (Å²) in [4.78, 5) is 32.2. The molecule has 2 heterocycles. The number of amides is 2. The van der Waals surface area contributed by atoms with Crippen molar-refractivity contribution in [3.63, 3.8) is 0 Å². The van der Waals surface area contributed by atoms with Crippen molar-refractivity contribution in [3.05, 3.63) is 54.4 Å². The fourth-order valence-corrected chi connectivity index (χ4v) is 4.53. The quantitative estimate of drug-likeness (QED) is 0.794. The van der Waals surface area contributed by atoms with Gasteiger partial charge in [0.2, 0.25) is 11.8 Å². The lowest BCUT2D eigenvalue weighted by Gasteiger charge is -2.42. The monoisotopic (exact) mass is 405 g/mol. The average molecular weight is 406 g/mol. The summed E-state index contributed by atoms with van der Waals surface area (Å²) in [5.41, 5.74) is 2.78. The summed E-state index contributed by atoms with van der Waals surface area (Å²) in [5.74, 6) is 0.492. The van der Waals surface area contributed by atoms with Crippen molar-refractivity contribution in [3.8, 4) is 11.1 Å². The second-order valence-corrected chi connectivity index (χ2v) is 9.16. The van der Waals surface area contributed by atoms with E-state index in [0.717, 1.165) is 48.9 Å². The smallest absolute Gasteiger partial charge is 0.228 e. The summed E-state index contributed by atoms with van der Waals surface area (Å²) in [6, 6.07) is 12.5. The van der Waals surface area contributed by atoms with Crippen molar-refractivity contribution in [2.75, 3.05) is 13.1 Å². The summed E-state index contributed by atoms with van der Waals surface area (Å²) in [7, 11) is 0. The third-order valence-corrected chi connectivity index (χ3v) is 6.20. The molecule has 0 spiro atoms. The Bertz CT molecular complexity index is 908. The molecule has 1 N–H and O–H groups in total. The lowest BCUT2D eigenvalue weighted by Crippen LogP contribution is -2.55. The Morgan fingerprint density at radius 1 is 1.17 bits per heavy atom. The van der Waals surface area contributed by atoms with Crippen LogP contribution in [0.1, 0.15) is 45.1 Å². The first-order valence-electron chi connectivity index (χ1n) is 11.1. The Kier molecular flexibility index (Phi) is 5.89. The van der Waals surface area contributed by atoms with Crippen molar-refractivity contribution >= 4 is 11.8 Å². The molecule has 1 aliphatic carbocycles. The lowest BCUT2D eigenvalue weighted by molar-refractivity contribution is -0.142. The fraction of sp³-hybridized carbons (Fsp3) is 0.480. The van der Waals surface area contributed by atoms with Crippen LogP contribution in [0.2, 0.25) is 0 Å². The summed E-state index contributed by atoms with van der Waals surface area (Å²) < 4.78 is 0. The highest BCUT2D eigenvalue weighted by atomic mass is 16.2. The third kappa shape index (κ3) is 4.55. The molecule has 1 atom stereocenters. The summed E-state index contributed by atoms with van der Waals surface area (Å²) >= 11 is 0. The Morgan fingerprint density at radius 2 is 1.93 bits per heavy atom. The van der Waals surface area contributed by atoms with Crippen molar-refractivity contribution in [2.24, 2.45) is 11.3 Å². The largest absolute Gasteiger partial charge is 0.353 e. The normalized spacial score (nSPS) is 21.5. The summed E-state index contributed by atoms with van der Waals surface area (Å²) in [5, 5.41) is 3.14. The van der Waals surface area contributed by atoms with E-state index in [4.69, 9.17) is 0 Å². The highest BCUT2D eigenvalue weighted by molar-refractivity contribution is 5.86. The minimum Gasteiger partial charge on any atom is -0.353 e. The SMILES string of the molecule is CC(C)NC(=O)[C@@]1(Cc2cccc(-c3ccncc3)c2)CCCN(C(=O)C2CC2)C1. The summed E-state index contributed by atoms with van der Waals surface area (Å²) in [6.07, 6.45) is 7.89. The predicted molar refractivity (Wildman–Crippen MR) is 118 cm³/mol. The van der Waals surface area contributed by atoms with E-state index in [2.05, 4.69) is 34.6 Å². The van der Waals surface area contributed by atoms with Gasteiger partial charge in [0.1, 0.15) is 0 Å². The average Bonchev–Trinajstić information content (AvgIpc) is 3.59. The number of likely N-dealkylation sites (tertiary alicyclic amines) is 1. The van der Waals surface area contributed by atoms with E-state index in [1.54, 1.807) is 12.4 Å². The van der Waals surface area contributed by atoms with Crippen molar-refractivity contribution in [1.29, 1.82) is 0 Å². The van der Waals surface area contributed by atoms with E-state index < -0.39 is 5.41 Å². The second-order valence-electron chi connectivity index (χ2n) is 9.16. The van der Waals surface area contributed by atoms with E-state index in [1.165, 1.54) is 0 Å². The number of hydrogen-bond donors (Lipinski definition) is 1. The second kappa shape index (κ2) is 8.58. The van der Waals surface area contributed by atoms with E-state index in [0.29, 0.717) is 13.0 Å². The zero-order valence-corrected chi connectivity index (χ0v) is 17.9. The van der Waals surface area contributed by atoms with Crippen LogP contribution in [0.15, 0.2) is 48.8 Å². The number of aromatic nitrogens is 1. The van der Waals surface area contributed by atoms with Crippen LogP contribution in [0.3, 0.4) is 0 Å². The van der Waals surface area contributed by atoms with Gasteiger partial charge in [0.25, 0.3) is 0 Å². The molecule has 0 bridgehead atoms. The maximum absolute atomic E-state index is 13.4. The van der Waals surface area contributed by atoms with Gasteiger partial charge in [-0.2, -0.15) is 0 Å². The third-order valence-electron chi connectivity index (χ3n) is 6.20. The first kappa shape index (κ1) is 20.6. The van der Waals surface area contributed by atoms with Crippen LogP contribution in [0.4, 0.5) is 0 Å². The minimum absolute atomic E-state index is 0.0695. The molecule has 1 aromatic heterocycles. The Balaban J connectivity index is 1.62. The number of benzene rings is 1. The first-order valence-corrected chi connectivity index (χ1v) is 11.1. The molecule has 158 valence electrons. The Labute approximate surface area is 178 Å². The van der Waals surface area contributed by atoms with Gasteiger partial charge in [-0.3, -0.25) is 14.6 Å². The number of nitrogens with one attached hydrogen (secondary N) is 1. The minimum atomic E-state index is -0.579. The van der Waals surface area contributed by atoms with Gasteiger partial charge in [-0.1, -0.05) is 24.3 Å². The van der Waals surface area contributed by atoms with Gasteiger partial charge >= 0.3 is 0 Å². The van der Waals surface area contributed by atoms with Gasteiger partial charge in [0, 0.05) is 37.4 Å². The molecule has 30 heavy (non-hydrogen) atoms. The molecule has 5 nitrogen and oxygen atoms in total. The molecule has 4 rings (SSSR count). The molecule has 1 aromatic carbocycles. The van der Waals surface area contributed by atoms with E-state index >= 15 is 0 Å². The van der Waals surface area contributed by atoms with E-state index in [9.17, 15) is 9.59 Å². The number of carbonyl (C=O) groups excluding carboxylic acids is 2. The molecule has 2 aliphatic rings. The molecular weight excluding hydrogens is 374 g/mol. The zero-order valence-electron chi connectivity index (χ0n) is 17.9. The maximum Gasteiger partial charge on any atom is 0.228 e. The molecule has 1 aliphatic heterocycles. The molecule has 2 fully saturated rings. The molecular formula is C25H31N3O2. The predicted octanol–water partition coefficient (Wildman–Crippen LogP) is 3.83. The lowest BCUT2D eigenvalue weighted by atomic mass is 9.73. The van der Waals surface area contributed by atoms with Crippen molar-refractivity contribution in [1.82, 2.24) is 15.2 Å². The van der Waals surface area contributed by atoms with Crippen molar-refractivity contribution in [2.45, 2.75) is 52.0 Å². The van der Waals surface area contributed by atoms with Crippen molar-refractivity contribution < 1.29 is 9.59 Å². The number of nitrogens with zero attached hydrogens (tertiary/aromatic N) is 2. The van der Waals surface area contributed by atoms with E-state index in [1.807, 2.05) is 30.9 Å². The Hall–Kier alpha value is -2.69. The van der Waals surface area contributed by atoms with Crippen LogP contribution in [0.5, 0.6) is 0 Å². The van der Waals surface area contributed by atoms with Crippen LogP contribution in [-0.2, 0) is 16.0 Å².